The van der Waals surface area contributed by atoms with Gasteiger partial charge in [-0.15, -0.1) is 11.3 Å². The van der Waals surface area contributed by atoms with Crippen molar-refractivity contribution in [2.75, 3.05) is 0 Å². The van der Waals surface area contributed by atoms with Crippen LogP contribution in [0.3, 0.4) is 0 Å². The third kappa shape index (κ3) is 4.41. The van der Waals surface area contributed by atoms with Crippen LogP contribution in [-0.4, -0.2) is 21.4 Å². The summed E-state index contributed by atoms with van der Waals surface area (Å²) in [5.74, 6) is -1.18. The lowest BCUT2D eigenvalue weighted by atomic mass is 9.98. The molecule has 0 aliphatic rings. The Kier molecular flexibility index (Phi) is 6.03. The van der Waals surface area contributed by atoms with Crippen LogP contribution in [0.25, 0.3) is 42.2 Å². The molecule has 4 aromatic carbocycles. The van der Waals surface area contributed by atoms with Gasteiger partial charge in [-0.1, -0.05) is 66.2 Å². The number of thiophene rings is 1. The van der Waals surface area contributed by atoms with Crippen LogP contribution in [-0.2, 0) is 11.3 Å². The van der Waals surface area contributed by atoms with Crippen LogP contribution < -0.4 is 0 Å². The first-order valence-corrected chi connectivity index (χ1v) is 13.2. The van der Waals surface area contributed by atoms with E-state index in [2.05, 4.69) is 66.7 Å². The minimum atomic E-state index is -0.985. The van der Waals surface area contributed by atoms with E-state index in [0.29, 0.717) is 17.1 Å². The molecule has 37 heavy (non-hydrogen) atoms. The lowest BCUT2D eigenvalue weighted by Gasteiger charge is -2.09. The largest absolute Gasteiger partial charge is 0.481 e. The molecule has 0 amide bonds. The number of halogens is 1. The second-order valence-corrected chi connectivity index (χ2v) is 10.6. The van der Waals surface area contributed by atoms with Crippen LogP contribution in [0.15, 0.2) is 91.1 Å². The number of aliphatic carboxylic acids is 1. The molecule has 6 rings (SSSR count). The quantitative estimate of drug-likeness (QED) is 0.214. The number of Topliss-reactive ketones (excluding diaryl/α,β-unsaturated/α-hetero) is 1. The van der Waals surface area contributed by atoms with Gasteiger partial charge in [0.15, 0.2) is 5.78 Å². The van der Waals surface area contributed by atoms with Gasteiger partial charge >= 0.3 is 5.97 Å². The molecular formula is C31H22ClNO3S. The summed E-state index contributed by atoms with van der Waals surface area (Å²) in [7, 11) is 0. The van der Waals surface area contributed by atoms with Crippen molar-refractivity contribution in [2.24, 2.45) is 0 Å². The Morgan fingerprint density at radius 3 is 2.43 bits per heavy atom. The van der Waals surface area contributed by atoms with Gasteiger partial charge in [-0.05, 0) is 47.0 Å². The van der Waals surface area contributed by atoms with E-state index in [1.54, 1.807) is 12.1 Å². The summed E-state index contributed by atoms with van der Waals surface area (Å²) in [6, 6.07) is 29.0. The van der Waals surface area contributed by atoms with Crippen molar-refractivity contribution in [3.8, 4) is 11.1 Å². The van der Waals surface area contributed by atoms with E-state index in [1.165, 1.54) is 25.7 Å². The Morgan fingerprint density at radius 1 is 0.838 bits per heavy atom. The number of aromatic nitrogens is 1. The van der Waals surface area contributed by atoms with E-state index in [-0.39, 0.29) is 18.6 Å². The van der Waals surface area contributed by atoms with Gasteiger partial charge in [-0.3, -0.25) is 9.59 Å². The molecular weight excluding hydrogens is 502 g/mol. The number of fused-ring (bicyclic) bond motifs is 4. The Hall–Kier alpha value is -3.93. The van der Waals surface area contributed by atoms with Crippen molar-refractivity contribution in [3.05, 3.63) is 107 Å². The lowest BCUT2D eigenvalue weighted by molar-refractivity contribution is -0.136. The standard InChI is InChI=1S/C31H22ClNO3S/c32-21-12-13-26-24(16-21)25(27(34)14-15-30(35)36)18-33(26)17-19-8-10-20(11-9-19)22-5-3-7-29-31(22)23-4-1-2-6-28(23)37-29/h1-13,16,18H,14-15,17H2,(H,35,36). The molecule has 0 aliphatic carbocycles. The summed E-state index contributed by atoms with van der Waals surface area (Å²) in [6.07, 6.45) is 1.58. The van der Waals surface area contributed by atoms with Gasteiger partial charge in [0.25, 0.3) is 0 Å². The summed E-state index contributed by atoms with van der Waals surface area (Å²) in [4.78, 5) is 23.8. The van der Waals surface area contributed by atoms with E-state index in [0.717, 1.165) is 22.0 Å². The van der Waals surface area contributed by atoms with Crippen molar-refractivity contribution in [1.82, 2.24) is 4.57 Å². The molecule has 2 aromatic heterocycles. The minimum absolute atomic E-state index is 0.0432. The molecule has 182 valence electrons. The van der Waals surface area contributed by atoms with E-state index in [9.17, 15) is 9.59 Å². The van der Waals surface area contributed by atoms with Gasteiger partial charge in [0.1, 0.15) is 0 Å². The Labute approximate surface area is 222 Å². The van der Waals surface area contributed by atoms with E-state index < -0.39 is 5.97 Å². The maximum Gasteiger partial charge on any atom is 0.303 e. The highest BCUT2D eigenvalue weighted by atomic mass is 35.5. The highest BCUT2D eigenvalue weighted by molar-refractivity contribution is 7.25. The zero-order valence-electron chi connectivity index (χ0n) is 19.8. The summed E-state index contributed by atoms with van der Waals surface area (Å²) in [5, 5.41) is 12.8. The third-order valence-corrected chi connectivity index (χ3v) is 8.10. The number of carbonyl (C=O) groups excluding carboxylic acids is 1. The zero-order valence-corrected chi connectivity index (χ0v) is 21.4. The normalized spacial score (nSPS) is 11.5. The molecule has 0 bridgehead atoms. The van der Waals surface area contributed by atoms with Crippen molar-refractivity contribution in [1.29, 1.82) is 0 Å². The fraction of sp³-hybridized carbons (Fsp3) is 0.0968. The molecule has 4 nitrogen and oxygen atoms in total. The number of carbonyl (C=O) groups is 2. The van der Waals surface area contributed by atoms with Crippen LogP contribution in [0.4, 0.5) is 0 Å². The van der Waals surface area contributed by atoms with Crippen LogP contribution >= 0.6 is 22.9 Å². The van der Waals surface area contributed by atoms with Crippen molar-refractivity contribution in [2.45, 2.75) is 19.4 Å². The third-order valence-electron chi connectivity index (χ3n) is 6.73. The first-order chi connectivity index (χ1) is 18.0. The van der Waals surface area contributed by atoms with Crippen LogP contribution in [0.2, 0.25) is 5.02 Å². The number of hydrogen-bond acceptors (Lipinski definition) is 3. The first kappa shape index (κ1) is 23.5. The number of benzene rings is 4. The number of rotatable bonds is 7. The monoisotopic (exact) mass is 523 g/mol. The molecule has 0 atom stereocenters. The molecule has 0 spiro atoms. The highest BCUT2D eigenvalue weighted by Gasteiger charge is 2.17. The van der Waals surface area contributed by atoms with Crippen molar-refractivity contribution in [3.63, 3.8) is 0 Å². The Balaban J connectivity index is 1.34. The smallest absolute Gasteiger partial charge is 0.303 e. The molecule has 1 N–H and O–H groups in total. The predicted octanol–water partition coefficient (Wildman–Crippen LogP) is 8.43. The van der Waals surface area contributed by atoms with Crippen LogP contribution in [0.5, 0.6) is 0 Å². The van der Waals surface area contributed by atoms with E-state index in [1.807, 2.05) is 28.2 Å². The average molecular weight is 524 g/mol. The van der Waals surface area contributed by atoms with Gasteiger partial charge in [-0.2, -0.15) is 0 Å². The number of nitrogens with zero attached hydrogens (tertiary/aromatic N) is 1. The number of hydrogen-bond donors (Lipinski definition) is 1. The summed E-state index contributed by atoms with van der Waals surface area (Å²) >= 11 is 8.04. The average Bonchev–Trinajstić information content (AvgIpc) is 3.46. The van der Waals surface area contributed by atoms with Gasteiger partial charge in [0.05, 0.1) is 6.42 Å². The zero-order chi connectivity index (χ0) is 25.5. The van der Waals surface area contributed by atoms with E-state index >= 15 is 0 Å². The van der Waals surface area contributed by atoms with Gasteiger partial charge in [-0.25, -0.2) is 0 Å². The fourth-order valence-electron chi connectivity index (χ4n) is 4.98. The molecule has 2 heterocycles. The summed E-state index contributed by atoms with van der Waals surface area (Å²) < 4.78 is 4.59. The first-order valence-electron chi connectivity index (χ1n) is 12.0. The van der Waals surface area contributed by atoms with Gasteiger partial charge in [0, 0.05) is 60.8 Å². The van der Waals surface area contributed by atoms with Gasteiger partial charge < -0.3 is 9.67 Å². The van der Waals surface area contributed by atoms with Crippen LogP contribution in [0, 0.1) is 0 Å². The van der Waals surface area contributed by atoms with Crippen LogP contribution in [0.1, 0.15) is 28.8 Å². The maximum atomic E-state index is 12.8. The SMILES string of the molecule is O=C(O)CCC(=O)c1cn(Cc2ccc(-c3cccc4sc5ccccc5c34)cc2)c2ccc(Cl)cc12. The molecule has 0 fully saturated rings. The second kappa shape index (κ2) is 9.51. The molecule has 6 aromatic rings. The second-order valence-electron chi connectivity index (χ2n) is 9.12. The lowest BCUT2D eigenvalue weighted by Crippen LogP contribution is -2.03. The molecule has 0 radical (unpaired) electrons. The highest BCUT2D eigenvalue weighted by Crippen LogP contribution is 2.39. The summed E-state index contributed by atoms with van der Waals surface area (Å²) in [6.45, 7) is 0.580. The van der Waals surface area contributed by atoms with Crippen molar-refractivity contribution < 1.29 is 14.7 Å². The predicted molar refractivity (Wildman–Crippen MR) is 152 cm³/mol. The molecule has 0 saturated heterocycles. The molecule has 0 unspecified atom stereocenters. The number of carboxylic acid groups (broad SMARTS) is 1. The number of carboxylic acids is 1. The minimum Gasteiger partial charge on any atom is -0.481 e. The van der Waals surface area contributed by atoms with E-state index in [4.69, 9.17) is 16.7 Å². The van der Waals surface area contributed by atoms with Crippen molar-refractivity contribution >= 4 is 65.8 Å². The fourth-order valence-corrected chi connectivity index (χ4v) is 6.28. The Morgan fingerprint density at radius 2 is 1.62 bits per heavy atom. The number of ketones is 1. The molecule has 6 heteroatoms. The maximum absolute atomic E-state index is 12.8. The molecule has 0 aliphatic heterocycles. The van der Waals surface area contributed by atoms with Gasteiger partial charge in [0.2, 0.25) is 0 Å². The Bertz CT molecular complexity index is 1810. The molecule has 0 saturated carbocycles. The topological polar surface area (TPSA) is 59.3 Å². The summed E-state index contributed by atoms with van der Waals surface area (Å²) in [5.41, 5.74) is 4.87.